The average molecular weight is 363 g/mol. The molecule has 0 radical (unpaired) electrons. The Morgan fingerprint density at radius 3 is 2.00 bits per heavy atom. The summed E-state index contributed by atoms with van der Waals surface area (Å²) >= 11 is 0. The van der Waals surface area contributed by atoms with Crippen LogP contribution in [0.3, 0.4) is 0 Å². The molecule has 0 bridgehead atoms. The molecule has 4 aromatic carbocycles. The molecule has 3 heteroatoms. The topological polar surface area (TPSA) is 45.4 Å². The predicted molar refractivity (Wildman–Crippen MR) is 112 cm³/mol. The van der Waals surface area contributed by atoms with Crippen molar-refractivity contribution >= 4 is 33.3 Å². The van der Waals surface area contributed by atoms with Crippen LogP contribution in [0.4, 0.5) is 11.4 Å². The van der Waals surface area contributed by atoms with Gasteiger partial charge in [-0.05, 0) is 29.8 Å². The third-order valence-electron chi connectivity index (χ3n) is 5.70. The summed E-state index contributed by atoms with van der Waals surface area (Å²) in [6, 6.07) is 29.8. The lowest BCUT2D eigenvalue weighted by Gasteiger charge is -2.37. The maximum absolute atomic E-state index is 12.1. The van der Waals surface area contributed by atoms with Gasteiger partial charge in [-0.15, -0.1) is 0 Å². The van der Waals surface area contributed by atoms with E-state index in [9.17, 15) is 5.11 Å². The van der Waals surface area contributed by atoms with Crippen molar-refractivity contribution in [3.8, 4) is 0 Å². The lowest BCUT2D eigenvalue weighted by molar-refractivity contribution is 0.126. The SMILES string of the molecule is OC1(c2ccc3c(c2)oc2ccccc23)c2ccccc2Nc2ccccc21. The van der Waals surface area contributed by atoms with Gasteiger partial charge in [-0.2, -0.15) is 0 Å². The third-order valence-corrected chi connectivity index (χ3v) is 5.70. The molecule has 134 valence electrons. The minimum Gasteiger partial charge on any atom is -0.456 e. The maximum Gasteiger partial charge on any atom is 0.144 e. The quantitative estimate of drug-likeness (QED) is 0.388. The molecule has 1 aliphatic heterocycles. The number of hydrogen-bond donors (Lipinski definition) is 2. The number of furan rings is 1. The van der Waals surface area contributed by atoms with E-state index >= 15 is 0 Å². The molecular formula is C25H17NO2. The zero-order valence-corrected chi connectivity index (χ0v) is 15.0. The highest BCUT2D eigenvalue weighted by Gasteiger charge is 2.40. The summed E-state index contributed by atoms with van der Waals surface area (Å²) in [5.41, 5.74) is 4.66. The first-order valence-corrected chi connectivity index (χ1v) is 9.35. The summed E-state index contributed by atoms with van der Waals surface area (Å²) < 4.78 is 6.08. The summed E-state index contributed by atoms with van der Waals surface area (Å²) in [6.07, 6.45) is 0. The minimum absolute atomic E-state index is 0.778. The van der Waals surface area contributed by atoms with Crippen LogP contribution in [0.5, 0.6) is 0 Å². The molecule has 3 nitrogen and oxygen atoms in total. The Morgan fingerprint density at radius 1 is 0.643 bits per heavy atom. The second-order valence-corrected chi connectivity index (χ2v) is 7.24. The van der Waals surface area contributed by atoms with Crippen molar-refractivity contribution in [1.82, 2.24) is 0 Å². The third kappa shape index (κ3) is 1.97. The van der Waals surface area contributed by atoms with Crippen molar-refractivity contribution < 1.29 is 9.52 Å². The smallest absolute Gasteiger partial charge is 0.144 e. The van der Waals surface area contributed by atoms with Crippen LogP contribution in [0.25, 0.3) is 21.9 Å². The van der Waals surface area contributed by atoms with Crippen LogP contribution < -0.4 is 5.32 Å². The zero-order valence-electron chi connectivity index (χ0n) is 15.0. The van der Waals surface area contributed by atoms with Crippen molar-refractivity contribution in [1.29, 1.82) is 0 Å². The first-order valence-electron chi connectivity index (χ1n) is 9.35. The van der Waals surface area contributed by atoms with E-state index in [-0.39, 0.29) is 0 Å². The van der Waals surface area contributed by atoms with Gasteiger partial charge in [0.25, 0.3) is 0 Å². The van der Waals surface area contributed by atoms with Gasteiger partial charge < -0.3 is 14.8 Å². The normalized spacial score (nSPS) is 14.5. The summed E-state index contributed by atoms with van der Waals surface area (Å²) in [4.78, 5) is 0. The number of anilines is 2. The van der Waals surface area contributed by atoms with Crippen LogP contribution in [-0.2, 0) is 5.60 Å². The van der Waals surface area contributed by atoms with E-state index in [0.29, 0.717) is 0 Å². The fourth-order valence-electron chi connectivity index (χ4n) is 4.37. The predicted octanol–water partition coefficient (Wildman–Crippen LogP) is 5.93. The molecule has 0 unspecified atom stereocenters. The van der Waals surface area contributed by atoms with Gasteiger partial charge in [0.05, 0.1) is 0 Å². The number of para-hydroxylation sites is 3. The average Bonchev–Trinajstić information content (AvgIpc) is 3.12. The Morgan fingerprint density at radius 2 is 1.25 bits per heavy atom. The zero-order chi connectivity index (χ0) is 18.7. The molecule has 6 rings (SSSR count). The summed E-state index contributed by atoms with van der Waals surface area (Å²) in [5.74, 6) is 0. The van der Waals surface area contributed by atoms with E-state index in [1.165, 1.54) is 0 Å². The van der Waals surface area contributed by atoms with Crippen LogP contribution >= 0.6 is 0 Å². The Balaban J connectivity index is 1.66. The van der Waals surface area contributed by atoms with Crippen molar-refractivity contribution in [3.05, 3.63) is 108 Å². The lowest BCUT2D eigenvalue weighted by atomic mass is 9.76. The monoisotopic (exact) mass is 363 g/mol. The van der Waals surface area contributed by atoms with E-state index in [1.807, 2.05) is 84.9 Å². The van der Waals surface area contributed by atoms with Crippen LogP contribution in [0, 0.1) is 0 Å². The van der Waals surface area contributed by atoms with Gasteiger partial charge in [-0.25, -0.2) is 0 Å². The first-order chi connectivity index (χ1) is 13.7. The Labute approximate surface area is 161 Å². The molecule has 0 spiro atoms. The molecule has 5 aromatic rings. The Hall–Kier alpha value is -3.56. The molecule has 1 aromatic heterocycles. The molecular weight excluding hydrogens is 346 g/mol. The van der Waals surface area contributed by atoms with E-state index in [2.05, 4.69) is 11.4 Å². The molecule has 0 fully saturated rings. The van der Waals surface area contributed by atoms with E-state index < -0.39 is 5.60 Å². The second-order valence-electron chi connectivity index (χ2n) is 7.24. The number of nitrogens with one attached hydrogen (secondary N) is 1. The van der Waals surface area contributed by atoms with Gasteiger partial charge in [0.2, 0.25) is 0 Å². The Kier molecular flexibility index (Phi) is 3.03. The number of aliphatic hydroxyl groups is 1. The van der Waals surface area contributed by atoms with Gasteiger partial charge >= 0.3 is 0 Å². The molecule has 2 N–H and O–H groups in total. The summed E-state index contributed by atoms with van der Waals surface area (Å²) in [7, 11) is 0. The molecule has 2 heterocycles. The van der Waals surface area contributed by atoms with Crippen molar-refractivity contribution in [2.75, 3.05) is 5.32 Å². The molecule has 28 heavy (non-hydrogen) atoms. The fourth-order valence-corrected chi connectivity index (χ4v) is 4.37. The van der Waals surface area contributed by atoms with Crippen LogP contribution in [0.2, 0.25) is 0 Å². The maximum atomic E-state index is 12.1. The minimum atomic E-state index is -1.26. The van der Waals surface area contributed by atoms with Gasteiger partial charge in [-0.1, -0.05) is 66.7 Å². The highest BCUT2D eigenvalue weighted by Crippen LogP contribution is 2.48. The highest BCUT2D eigenvalue weighted by molar-refractivity contribution is 6.05. The second kappa shape index (κ2) is 5.47. The van der Waals surface area contributed by atoms with Crippen molar-refractivity contribution in [2.24, 2.45) is 0 Å². The van der Waals surface area contributed by atoms with Gasteiger partial charge in [-0.3, -0.25) is 0 Å². The Bertz CT molecular complexity index is 1320. The van der Waals surface area contributed by atoms with Crippen LogP contribution in [0.15, 0.2) is 95.4 Å². The van der Waals surface area contributed by atoms with E-state index in [4.69, 9.17) is 4.42 Å². The van der Waals surface area contributed by atoms with Crippen molar-refractivity contribution in [3.63, 3.8) is 0 Å². The van der Waals surface area contributed by atoms with Crippen molar-refractivity contribution in [2.45, 2.75) is 5.60 Å². The van der Waals surface area contributed by atoms with Crippen LogP contribution in [0.1, 0.15) is 16.7 Å². The standard InChI is InChI=1S/C25H17NO2/c27-25(16-13-14-18-17-7-1-6-12-23(17)28-24(18)15-16)19-8-2-4-10-21(19)26-22-11-5-3-9-20(22)25/h1-15,26-27H. The molecule has 1 aliphatic rings. The van der Waals surface area contributed by atoms with E-state index in [1.54, 1.807) is 0 Å². The molecule has 0 amide bonds. The lowest BCUT2D eigenvalue weighted by Crippen LogP contribution is -2.33. The number of fused-ring (bicyclic) bond motifs is 5. The molecule has 0 atom stereocenters. The van der Waals surface area contributed by atoms with E-state index in [0.717, 1.165) is 50.0 Å². The first kappa shape index (κ1) is 15.5. The van der Waals surface area contributed by atoms with Gasteiger partial charge in [0, 0.05) is 33.3 Å². The van der Waals surface area contributed by atoms with Gasteiger partial charge in [0.1, 0.15) is 16.8 Å². The number of hydrogen-bond acceptors (Lipinski definition) is 3. The molecule has 0 aliphatic carbocycles. The number of benzene rings is 4. The highest BCUT2D eigenvalue weighted by atomic mass is 16.3. The number of rotatable bonds is 1. The largest absolute Gasteiger partial charge is 0.456 e. The fraction of sp³-hybridized carbons (Fsp3) is 0.0400. The molecule has 0 saturated heterocycles. The van der Waals surface area contributed by atoms with Gasteiger partial charge in [0.15, 0.2) is 0 Å². The summed E-state index contributed by atoms with van der Waals surface area (Å²) in [6.45, 7) is 0. The summed E-state index contributed by atoms with van der Waals surface area (Å²) in [5, 5.41) is 17.7. The molecule has 0 saturated carbocycles. The van der Waals surface area contributed by atoms with Crippen LogP contribution in [-0.4, -0.2) is 5.11 Å².